The number of aromatic nitrogens is 2. The highest BCUT2D eigenvalue weighted by Crippen LogP contribution is 2.20. The highest BCUT2D eigenvalue weighted by molar-refractivity contribution is 6.02. The lowest BCUT2D eigenvalue weighted by Gasteiger charge is -2.07. The number of carbonyl (C=O) groups excluding carboxylic acids is 1. The fourth-order valence-corrected chi connectivity index (χ4v) is 2.32. The normalized spacial score (nSPS) is 11.4. The molecule has 5 nitrogen and oxygen atoms in total. The van der Waals surface area contributed by atoms with Gasteiger partial charge < -0.3 is 5.32 Å². The first kappa shape index (κ1) is 16.5. The molecule has 0 radical (unpaired) electrons. The van der Waals surface area contributed by atoms with E-state index in [1.807, 2.05) is 68.8 Å². The largest absolute Gasteiger partial charge is 0.349 e. The Labute approximate surface area is 136 Å². The Morgan fingerprint density at radius 1 is 1.30 bits per heavy atom. The predicted octanol–water partition coefficient (Wildman–Crippen LogP) is 2.92. The van der Waals surface area contributed by atoms with Crippen molar-refractivity contribution in [3.8, 4) is 11.8 Å². The SMILES string of the molecule is Cc1nn(-c2ccccc2)c(C)c1/C=C(\C#N)C(=O)NC(C)C. The molecule has 0 aliphatic rings. The third-order valence-electron chi connectivity index (χ3n) is 3.42. The summed E-state index contributed by atoms with van der Waals surface area (Å²) in [7, 11) is 0. The Morgan fingerprint density at radius 2 is 1.96 bits per heavy atom. The van der Waals surface area contributed by atoms with E-state index in [0.717, 1.165) is 22.6 Å². The lowest BCUT2D eigenvalue weighted by molar-refractivity contribution is -0.117. The van der Waals surface area contributed by atoms with Gasteiger partial charge in [0.1, 0.15) is 11.6 Å². The summed E-state index contributed by atoms with van der Waals surface area (Å²) in [6, 6.07) is 11.7. The van der Waals surface area contributed by atoms with Crippen LogP contribution < -0.4 is 5.32 Å². The van der Waals surface area contributed by atoms with E-state index >= 15 is 0 Å². The number of nitriles is 1. The monoisotopic (exact) mass is 308 g/mol. The van der Waals surface area contributed by atoms with Crippen molar-refractivity contribution in [3.63, 3.8) is 0 Å². The summed E-state index contributed by atoms with van der Waals surface area (Å²) in [6.07, 6.45) is 1.61. The van der Waals surface area contributed by atoms with E-state index in [1.165, 1.54) is 0 Å². The molecule has 1 heterocycles. The molecule has 2 rings (SSSR count). The Bertz CT molecular complexity index is 779. The topological polar surface area (TPSA) is 70.7 Å². The minimum atomic E-state index is -0.367. The van der Waals surface area contributed by atoms with E-state index in [1.54, 1.807) is 6.08 Å². The molecular formula is C18H20N4O. The number of carbonyl (C=O) groups is 1. The summed E-state index contributed by atoms with van der Waals surface area (Å²) in [5.74, 6) is -0.367. The van der Waals surface area contributed by atoms with Crippen molar-refractivity contribution in [3.05, 3.63) is 52.9 Å². The van der Waals surface area contributed by atoms with Crippen molar-refractivity contribution in [1.29, 1.82) is 5.26 Å². The van der Waals surface area contributed by atoms with Crippen LogP contribution in [0, 0.1) is 25.2 Å². The van der Waals surface area contributed by atoms with Gasteiger partial charge in [0.15, 0.2) is 0 Å². The van der Waals surface area contributed by atoms with Crippen LogP contribution in [-0.4, -0.2) is 21.7 Å². The molecule has 1 N–H and O–H groups in total. The molecule has 2 aromatic rings. The van der Waals surface area contributed by atoms with Crippen molar-refractivity contribution < 1.29 is 4.79 Å². The van der Waals surface area contributed by atoms with E-state index in [9.17, 15) is 10.1 Å². The molecule has 0 aliphatic heterocycles. The van der Waals surface area contributed by atoms with Crippen LogP contribution >= 0.6 is 0 Å². The first-order valence-electron chi connectivity index (χ1n) is 7.48. The second-order valence-electron chi connectivity index (χ2n) is 5.63. The number of nitrogens with zero attached hydrogens (tertiary/aromatic N) is 3. The number of nitrogens with one attached hydrogen (secondary N) is 1. The van der Waals surface area contributed by atoms with Gasteiger partial charge in [-0.3, -0.25) is 4.79 Å². The number of aryl methyl sites for hydroxylation is 1. The smallest absolute Gasteiger partial charge is 0.262 e. The van der Waals surface area contributed by atoms with E-state index in [0.29, 0.717) is 0 Å². The summed E-state index contributed by atoms with van der Waals surface area (Å²) in [6.45, 7) is 7.51. The quantitative estimate of drug-likeness (QED) is 0.697. The molecule has 0 aliphatic carbocycles. The maximum Gasteiger partial charge on any atom is 0.262 e. The zero-order chi connectivity index (χ0) is 17.0. The third kappa shape index (κ3) is 3.67. The maximum atomic E-state index is 12.1. The van der Waals surface area contributed by atoms with Gasteiger partial charge in [-0.05, 0) is 45.9 Å². The Hall–Kier alpha value is -2.87. The number of hydrogen-bond donors (Lipinski definition) is 1. The van der Waals surface area contributed by atoms with Gasteiger partial charge in [-0.15, -0.1) is 0 Å². The summed E-state index contributed by atoms with van der Waals surface area (Å²) in [4.78, 5) is 12.1. The van der Waals surface area contributed by atoms with Crippen molar-refractivity contribution in [1.82, 2.24) is 15.1 Å². The fraction of sp³-hybridized carbons (Fsp3) is 0.278. The molecule has 0 saturated carbocycles. The second-order valence-corrected chi connectivity index (χ2v) is 5.63. The zero-order valence-corrected chi connectivity index (χ0v) is 13.8. The van der Waals surface area contributed by atoms with Gasteiger partial charge in [-0.25, -0.2) is 4.68 Å². The first-order chi connectivity index (χ1) is 10.9. The molecule has 118 valence electrons. The predicted molar refractivity (Wildman–Crippen MR) is 89.9 cm³/mol. The Balaban J connectivity index is 2.45. The van der Waals surface area contributed by atoms with Gasteiger partial charge in [0.2, 0.25) is 0 Å². The molecule has 0 bridgehead atoms. The summed E-state index contributed by atoms with van der Waals surface area (Å²) >= 11 is 0. The average Bonchev–Trinajstić information content (AvgIpc) is 2.80. The maximum absolute atomic E-state index is 12.1. The van der Waals surface area contributed by atoms with Gasteiger partial charge >= 0.3 is 0 Å². The number of para-hydroxylation sites is 1. The molecular weight excluding hydrogens is 288 g/mol. The summed E-state index contributed by atoms with van der Waals surface area (Å²) < 4.78 is 1.82. The molecule has 0 unspecified atom stereocenters. The van der Waals surface area contributed by atoms with Crippen LogP contribution in [0.3, 0.4) is 0 Å². The summed E-state index contributed by atoms with van der Waals surface area (Å²) in [5, 5.41) is 16.5. The van der Waals surface area contributed by atoms with Crippen LogP contribution in [0.2, 0.25) is 0 Å². The standard InChI is InChI=1S/C18H20N4O/c1-12(2)20-18(23)15(11-19)10-17-13(3)21-22(14(17)4)16-8-6-5-7-9-16/h5-10,12H,1-4H3,(H,20,23)/b15-10+. The molecule has 1 amide bonds. The summed E-state index contributed by atoms with van der Waals surface area (Å²) in [5.41, 5.74) is 3.48. The van der Waals surface area contributed by atoms with Crippen LogP contribution in [0.5, 0.6) is 0 Å². The van der Waals surface area contributed by atoms with Crippen LogP contribution in [0.15, 0.2) is 35.9 Å². The second kappa shape index (κ2) is 6.93. The number of rotatable bonds is 4. The number of hydrogen-bond acceptors (Lipinski definition) is 3. The number of amides is 1. The minimum absolute atomic E-state index is 0.0199. The van der Waals surface area contributed by atoms with Crippen LogP contribution in [0.1, 0.15) is 30.8 Å². The zero-order valence-electron chi connectivity index (χ0n) is 13.8. The van der Waals surface area contributed by atoms with Crippen molar-refractivity contribution >= 4 is 12.0 Å². The molecule has 5 heteroatoms. The molecule has 0 atom stereocenters. The van der Waals surface area contributed by atoms with Crippen molar-refractivity contribution in [2.24, 2.45) is 0 Å². The Kier molecular flexibility index (Phi) is 4.97. The van der Waals surface area contributed by atoms with E-state index < -0.39 is 0 Å². The lowest BCUT2D eigenvalue weighted by Crippen LogP contribution is -2.30. The van der Waals surface area contributed by atoms with Crippen molar-refractivity contribution in [2.75, 3.05) is 0 Å². The van der Waals surface area contributed by atoms with Gasteiger partial charge in [0, 0.05) is 17.3 Å². The molecule has 0 fully saturated rings. The molecule has 0 spiro atoms. The molecule has 1 aromatic heterocycles. The Morgan fingerprint density at radius 3 is 2.52 bits per heavy atom. The molecule has 23 heavy (non-hydrogen) atoms. The van der Waals surface area contributed by atoms with Crippen LogP contribution in [0.25, 0.3) is 11.8 Å². The van der Waals surface area contributed by atoms with Crippen molar-refractivity contribution in [2.45, 2.75) is 33.7 Å². The first-order valence-corrected chi connectivity index (χ1v) is 7.48. The minimum Gasteiger partial charge on any atom is -0.349 e. The molecule has 0 saturated heterocycles. The van der Waals surface area contributed by atoms with Gasteiger partial charge in [-0.1, -0.05) is 18.2 Å². The van der Waals surface area contributed by atoms with Gasteiger partial charge in [0.05, 0.1) is 11.4 Å². The highest BCUT2D eigenvalue weighted by Gasteiger charge is 2.15. The fourth-order valence-electron chi connectivity index (χ4n) is 2.32. The van der Waals surface area contributed by atoms with E-state index in [4.69, 9.17) is 0 Å². The van der Waals surface area contributed by atoms with Crippen LogP contribution in [-0.2, 0) is 4.79 Å². The van der Waals surface area contributed by atoms with E-state index in [-0.39, 0.29) is 17.5 Å². The third-order valence-corrected chi connectivity index (χ3v) is 3.42. The van der Waals surface area contributed by atoms with Gasteiger partial charge in [0.25, 0.3) is 5.91 Å². The van der Waals surface area contributed by atoms with Gasteiger partial charge in [-0.2, -0.15) is 10.4 Å². The lowest BCUT2D eigenvalue weighted by atomic mass is 10.1. The highest BCUT2D eigenvalue weighted by atomic mass is 16.1. The molecule has 1 aromatic carbocycles. The average molecular weight is 308 g/mol. The van der Waals surface area contributed by atoms with E-state index in [2.05, 4.69) is 10.4 Å². The van der Waals surface area contributed by atoms with Crippen LogP contribution in [0.4, 0.5) is 0 Å². The number of benzene rings is 1.